The maximum absolute atomic E-state index is 5.77. The molecule has 3 N–H and O–H groups in total. The monoisotopic (exact) mass is 238 g/mol. The molecule has 0 radical (unpaired) electrons. The molecule has 6 heteroatoms. The van der Waals surface area contributed by atoms with Crippen LogP contribution in [-0.4, -0.2) is 27.0 Å². The van der Waals surface area contributed by atoms with Crippen LogP contribution < -0.4 is 11.1 Å². The summed E-state index contributed by atoms with van der Waals surface area (Å²) >= 11 is 0. The Kier molecular flexibility index (Phi) is 4.93. The van der Waals surface area contributed by atoms with E-state index >= 15 is 0 Å². The van der Waals surface area contributed by atoms with Gasteiger partial charge in [0.15, 0.2) is 5.96 Å². The Bertz CT molecular complexity index is 381. The molecule has 1 heterocycles. The second-order valence-electron chi connectivity index (χ2n) is 4.08. The molecule has 1 aromatic heterocycles. The van der Waals surface area contributed by atoms with E-state index < -0.39 is 0 Å². The van der Waals surface area contributed by atoms with E-state index in [4.69, 9.17) is 5.73 Å². The molecule has 96 valence electrons. The first-order valence-electron chi connectivity index (χ1n) is 6.03. The second kappa shape index (κ2) is 6.22. The summed E-state index contributed by atoms with van der Waals surface area (Å²) in [4.78, 5) is 5.92. The maximum Gasteiger partial charge on any atom is 0.189 e. The van der Waals surface area contributed by atoms with Crippen molar-refractivity contribution < 1.29 is 0 Å². The molecule has 1 unspecified atom stereocenters. The van der Waals surface area contributed by atoms with Gasteiger partial charge in [-0.05, 0) is 27.2 Å². The van der Waals surface area contributed by atoms with Crippen LogP contribution in [0.25, 0.3) is 0 Å². The second-order valence-corrected chi connectivity index (χ2v) is 4.08. The van der Waals surface area contributed by atoms with Crippen molar-refractivity contribution in [2.75, 3.05) is 0 Å². The van der Waals surface area contributed by atoms with E-state index in [2.05, 4.69) is 34.4 Å². The van der Waals surface area contributed by atoms with Crippen LogP contribution in [0.2, 0.25) is 0 Å². The number of nitrogens with zero attached hydrogens (tertiary/aromatic N) is 4. The van der Waals surface area contributed by atoms with Crippen LogP contribution in [0.4, 0.5) is 0 Å². The average Bonchev–Trinajstić information content (AvgIpc) is 2.67. The van der Waals surface area contributed by atoms with Crippen LogP contribution in [0, 0.1) is 6.92 Å². The van der Waals surface area contributed by atoms with Crippen molar-refractivity contribution >= 4 is 5.96 Å². The zero-order valence-corrected chi connectivity index (χ0v) is 11.1. The summed E-state index contributed by atoms with van der Waals surface area (Å²) in [5.41, 5.74) is 7.56. The van der Waals surface area contributed by atoms with Gasteiger partial charge < -0.3 is 11.1 Å². The number of hydrogen-bond donors (Lipinski definition) is 2. The normalized spacial score (nSPS) is 13.8. The molecule has 0 aromatic carbocycles. The van der Waals surface area contributed by atoms with Gasteiger partial charge in [0.25, 0.3) is 0 Å². The molecule has 1 atom stereocenters. The van der Waals surface area contributed by atoms with Gasteiger partial charge in [-0.1, -0.05) is 6.92 Å². The number of nitrogens with two attached hydrogens (primary N) is 1. The Hall–Kier alpha value is -1.59. The lowest BCUT2D eigenvalue weighted by Crippen LogP contribution is -2.38. The molecule has 1 rings (SSSR count). The molecule has 0 spiro atoms. The van der Waals surface area contributed by atoms with Gasteiger partial charge in [0.05, 0.1) is 18.8 Å². The van der Waals surface area contributed by atoms with Gasteiger partial charge in [-0.15, -0.1) is 0 Å². The lowest BCUT2D eigenvalue weighted by molar-refractivity contribution is 0.561. The topological polar surface area (TPSA) is 81.1 Å². The molecular weight excluding hydrogens is 216 g/mol. The third kappa shape index (κ3) is 4.05. The third-order valence-electron chi connectivity index (χ3n) is 2.61. The Morgan fingerprint density at radius 1 is 1.47 bits per heavy atom. The van der Waals surface area contributed by atoms with Gasteiger partial charge in [-0.25, -0.2) is 4.99 Å². The minimum absolute atomic E-state index is 0.339. The molecule has 1 aromatic rings. The fourth-order valence-corrected chi connectivity index (χ4v) is 1.31. The van der Waals surface area contributed by atoms with Crippen LogP contribution in [0.1, 0.15) is 38.6 Å². The fourth-order valence-electron chi connectivity index (χ4n) is 1.31. The number of rotatable bonds is 5. The number of aryl methyl sites for hydroxylation is 2. The van der Waals surface area contributed by atoms with Crippen molar-refractivity contribution in [2.24, 2.45) is 10.7 Å². The highest BCUT2D eigenvalue weighted by atomic mass is 15.5. The number of aliphatic imine (C=N–C) groups is 1. The predicted molar refractivity (Wildman–Crippen MR) is 68.6 cm³/mol. The van der Waals surface area contributed by atoms with E-state index in [0.29, 0.717) is 18.5 Å². The zero-order valence-electron chi connectivity index (χ0n) is 11.1. The number of nitrogens with one attached hydrogen (secondary N) is 1. The molecule has 0 bridgehead atoms. The summed E-state index contributed by atoms with van der Waals surface area (Å²) in [7, 11) is 0. The van der Waals surface area contributed by atoms with Crippen molar-refractivity contribution in [1.82, 2.24) is 20.3 Å². The van der Waals surface area contributed by atoms with E-state index in [9.17, 15) is 0 Å². The van der Waals surface area contributed by atoms with E-state index in [1.54, 1.807) is 4.80 Å². The van der Waals surface area contributed by atoms with Crippen molar-refractivity contribution in [3.05, 3.63) is 11.4 Å². The first kappa shape index (κ1) is 13.5. The molecule has 17 heavy (non-hydrogen) atoms. The minimum Gasteiger partial charge on any atom is -0.370 e. The molecule has 0 amide bonds. The van der Waals surface area contributed by atoms with Crippen molar-refractivity contribution in [1.29, 1.82) is 0 Å². The van der Waals surface area contributed by atoms with Crippen LogP contribution in [-0.2, 0) is 13.1 Å². The smallest absolute Gasteiger partial charge is 0.189 e. The maximum atomic E-state index is 5.77. The SMILES string of the molecule is CCC(C)NC(N)=NCc1nn(CC)nc1C. The van der Waals surface area contributed by atoms with Gasteiger partial charge in [0, 0.05) is 6.04 Å². The molecule has 0 aliphatic heterocycles. The van der Waals surface area contributed by atoms with Gasteiger partial charge in [0.2, 0.25) is 0 Å². The number of guanidine groups is 1. The molecule has 0 fully saturated rings. The Labute approximate surface area is 102 Å². The fraction of sp³-hybridized carbons (Fsp3) is 0.727. The third-order valence-corrected chi connectivity index (χ3v) is 2.61. The molecule has 6 nitrogen and oxygen atoms in total. The quantitative estimate of drug-likeness (QED) is 0.587. The number of aromatic nitrogens is 3. The van der Waals surface area contributed by atoms with E-state index in [-0.39, 0.29) is 0 Å². The largest absolute Gasteiger partial charge is 0.370 e. The lowest BCUT2D eigenvalue weighted by Gasteiger charge is -2.11. The Morgan fingerprint density at radius 2 is 2.18 bits per heavy atom. The number of hydrogen-bond acceptors (Lipinski definition) is 3. The molecule has 0 saturated heterocycles. The standard InChI is InChI=1S/C11H22N6/c1-5-8(3)14-11(12)13-7-10-9(4)15-17(6-2)16-10/h8H,5-7H2,1-4H3,(H3,12,13,14). The van der Waals surface area contributed by atoms with Gasteiger partial charge >= 0.3 is 0 Å². The zero-order chi connectivity index (χ0) is 12.8. The van der Waals surface area contributed by atoms with E-state index in [0.717, 1.165) is 24.4 Å². The molecular formula is C11H22N6. The van der Waals surface area contributed by atoms with Gasteiger partial charge in [-0.3, -0.25) is 0 Å². The summed E-state index contributed by atoms with van der Waals surface area (Å²) in [5, 5.41) is 11.7. The highest BCUT2D eigenvalue weighted by Crippen LogP contribution is 2.02. The summed E-state index contributed by atoms with van der Waals surface area (Å²) in [6.45, 7) is 9.35. The van der Waals surface area contributed by atoms with E-state index in [1.807, 2.05) is 13.8 Å². The summed E-state index contributed by atoms with van der Waals surface area (Å²) in [6, 6.07) is 0.339. The Morgan fingerprint density at radius 3 is 2.71 bits per heavy atom. The van der Waals surface area contributed by atoms with Crippen LogP contribution in [0.15, 0.2) is 4.99 Å². The van der Waals surface area contributed by atoms with Crippen molar-refractivity contribution in [2.45, 2.75) is 53.2 Å². The van der Waals surface area contributed by atoms with Gasteiger partial charge in [0.1, 0.15) is 5.69 Å². The minimum atomic E-state index is 0.339. The van der Waals surface area contributed by atoms with Crippen LogP contribution in [0.5, 0.6) is 0 Å². The summed E-state index contributed by atoms with van der Waals surface area (Å²) in [6.07, 6.45) is 1.02. The average molecular weight is 238 g/mol. The highest BCUT2D eigenvalue weighted by molar-refractivity contribution is 5.78. The Balaban J connectivity index is 2.59. The molecule has 0 saturated carbocycles. The molecule has 0 aliphatic rings. The van der Waals surface area contributed by atoms with Crippen molar-refractivity contribution in [3.8, 4) is 0 Å². The summed E-state index contributed by atoms with van der Waals surface area (Å²) in [5.74, 6) is 0.463. The van der Waals surface area contributed by atoms with Crippen molar-refractivity contribution in [3.63, 3.8) is 0 Å². The van der Waals surface area contributed by atoms with E-state index in [1.165, 1.54) is 0 Å². The first-order chi connectivity index (χ1) is 8.06. The molecule has 0 aliphatic carbocycles. The first-order valence-corrected chi connectivity index (χ1v) is 6.03. The van der Waals surface area contributed by atoms with Crippen LogP contribution in [0.3, 0.4) is 0 Å². The highest BCUT2D eigenvalue weighted by Gasteiger charge is 2.05. The predicted octanol–water partition coefficient (Wildman–Crippen LogP) is 0.809. The van der Waals surface area contributed by atoms with Crippen LogP contribution >= 0.6 is 0 Å². The lowest BCUT2D eigenvalue weighted by atomic mass is 10.3. The van der Waals surface area contributed by atoms with Gasteiger partial charge in [-0.2, -0.15) is 15.0 Å². The summed E-state index contributed by atoms with van der Waals surface area (Å²) < 4.78 is 0.